The van der Waals surface area contributed by atoms with E-state index in [-0.39, 0.29) is 18.3 Å². The topological polar surface area (TPSA) is 84.2 Å². The Morgan fingerprint density at radius 3 is 3.00 bits per heavy atom. The minimum Gasteiger partial charge on any atom is -0.444 e. The maximum Gasteiger partial charge on any atom is 0.213 e. The first-order valence-corrected chi connectivity index (χ1v) is 8.38. The Kier molecular flexibility index (Phi) is 4.95. The average molecular weight is 287 g/mol. The Morgan fingerprint density at radius 1 is 1.53 bits per heavy atom. The highest BCUT2D eigenvalue weighted by Crippen LogP contribution is 2.09. The van der Waals surface area contributed by atoms with Gasteiger partial charge in [-0.2, -0.15) is 0 Å². The molecule has 2 heterocycles. The van der Waals surface area contributed by atoms with E-state index in [1.807, 2.05) is 6.92 Å². The van der Waals surface area contributed by atoms with Gasteiger partial charge in [0, 0.05) is 12.5 Å². The molecule has 0 amide bonds. The number of oxazole rings is 1. The Bertz CT molecular complexity index is 492. The van der Waals surface area contributed by atoms with E-state index in [2.05, 4.69) is 15.0 Å². The van der Waals surface area contributed by atoms with Gasteiger partial charge in [0.05, 0.1) is 18.5 Å². The number of nitrogens with one attached hydrogen (secondary N) is 2. The van der Waals surface area contributed by atoms with Crippen LogP contribution in [0.15, 0.2) is 10.6 Å². The van der Waals surface area contributed by atoms with Gasteiger partial charge < -0.3 is 9.73 Å². The lowest BCUT2D eigenvalue weighted by Crippen LogP contribution is -2.42. The minimum atomic E-state index is -3.29. The number of sulfonamides is 1. The van der Waals surface area contributed by atoms with Crippen LogP contribution in [0.2, 0.25) is 0 Å². The molecule has 0 radical (unpaired) electrons. The number of nitrogens with zero attached hydrogens (tertiary/aromatic N) is 1. The molecule has 2 N–H and O–H groups in total. The summed E-state index contributed by atoms with van der Waals surface area (Å²) in [5.41, 5.74) is 0. The van der Waals surface area contributed by atoms with Gasteiger partial charge in [0.1, 0.15) is 5.76 Å². The third-order valence-electron chi connectivity index (χ3n) is 3.23. The molecule has 2 rings (SSSR count). The van der Waals surface area contributed by atoms with E-state index in [0.717, 1.165) is 38.0 Å². The summed E-state index contributed by atoms with van der Waals surface area (Å²) in [4.78, 5) is 4.03. The van der Waals surface area contributed by atoms with Crippen molar-refractivity contribution in [2.45, 2.75) is 45.2 Å². The first kappa shape index (κ1) is 14.5. The van der Waals surface area contributed by atoms with Crippen LogP contribution in [-0.2, 0) is 23.0 Å². The van der Waals surface area contributed by atoms with Crippen molar-refractivity contribution in [3.8, 4) is 0 Å². The van der Waals surface area contributed by atoms with Crippen molar-refractivity contribution in [2.75, 3.05) is 12.3 Å². The lowest BCUT2D eigenvalue weighted by atomic mass is 10.1. The Labute approximate surface area is 114 Å². The molecule has 1 aliphatic heterocycles. The smallest absolute Gasteiger partial charge is 0.213 e. The van der Waals surface area contributed by atoms with Crippen molar-refractivity contribution >= 4 is 10.0 Å². The molecule has 0 aromatic carbocycles. The predicted octanol–water partition coefficient (Wildman–Crippen LogP) is 0.798. The van der Waals surface area contributed by atoms with Crippen molar-refractivity contribution in [1.82, 2.24) is 15.0 Å². The van der Waals surface area contributed by atoms with Crippen LogP contribution in [0.3, 0.4) is 0 Å². The number of aromatic nitrogens is 1. The summed E-state index contributed by atoms with van der Waals surface area (Å²) >= 11 is 0. The molecule has 1 saturated heterocycles. The Morgan fingerprint density at radius 2 is 2.37 bits per heavy atom. The maximum atomic E-state index is 11.9. The second-order valence-corrected chi connectivity index (χ2v) is 6.67. The Balaban J connectivity index is 1.83. The highest BCUT2D eigenvalue weighted by atomic mass is 32.2. The second kappa shape index (κ2) is 6.49. The Hall–Kier alpha value is -0.920. The summed E-state index contributed by atoms with van der Waals surface area (Å²) < 4.78 is 31.8. The van der Waals surface area contributed by atoms with Crippen molar-refractivity contribution in [3.05, 3.63) is 17.8 Å². The van der Waals surface area contributed by atoms with Gasteiger partial charge in [0.25, 0.3) is 0 Å². The van der Waals surface area contributed by atoms with Crippen molar-refractivity contribution in [2.24, 2.45) is 0 Å². The standard InChI is InChI=1S/C12H21N3O3S/c1-2-11-7-14-12(18-11)8-15-19(16,17)9-10-5-3-4-6-13-10/h7,10,13,15H,2-6,8-9H2,1H3. The molecular weight excluding hydrogens is 266 g/mol. The van der Waals surface area contributed by atoms with Crippen LogP contribution in [0.25, 0.3) is 0 Å². The molecule has 0 spiro atoms. The van der Waals surface area contributed by atoms with Gasteiger partial charge >= 0.3 is 0 Å². The molecule has 108 valence electrons. The van der Waals surface area contributed by atoms with Crippen LogP contribution in [0.5, 0.6) is 0 Å². The van der Waals surface area contributed by atoms with Crippen LogP contribution in [-0.4, -0.2) is 31.7 Å². The maximum absolute atomic E-state index is 11.9. The molecule has 1 atom stereocenters. The first-order valence-electron chi connectivity index (χ1n) is 6.73. The lowest BCUT2D eigenvalue weighted by molar-refractivity contribution is 0.420. The molecule has 1 aliphatic rings. The summed E-state index contributed by atoms with van der Waals surface area (Å²) in [5, 5.41) is 3.23. The lowest BCUT2D eigenvalue weighted by Gasteiger charge is -2.23. The highest BCUT2D eigenvalue weighted by Gasteiger charge is 2.21. The number of aryl methyl sites for hydroxylation is 1. The quantitative estimate of drug-likeness (QED) is 0.808. The van der Waals surface area contributed by atoms with Crippen LogP contribution >= 0.6 is 0 Å². The van der Waals surface area contributed by atoms with Gasteiger partial charge in [-0.25, -0.2) is 18.1 Å². The van der Waals surface area contributed by atoms with Gasteiger partial charge in [-0.1, -0.05) is 13.3 Å². The summed E-state index contributed by atoms with van der Waals surface area (Å²) in [6, 6.07) is 0.0574. The minimum absolute atomic E-state index is 0.0574. The molecule has 0 bridgehead atoms. The van der Waals surface area contributed by atoms with E-state index in [9.17, 15) is 8.42 Å². The van der Waals surface area contributed by atoms with Crippen LogP contribution in [0, 0.1) is 0 Å². The number of hydrogen-bond donors (Lipinski definition) is 2. The molecule has 1 unspecified atom stereocenters. The first-order chi connectivity index (χ1) is 9.09. The van der Waals surface area contributed by atoms with E-state index in [1.165, 1.54) is 0 Å². The van der Waals surface area contributed by atoms with Crippen molar-refractivity contribution < 1.29 is 12.8 Å². The fourth-order valence-electron chi connectivity index (χ4n) is 2.15. The normalized spacial score (nSPS) is 20.6. The summed E-state index contributed by atoms with van der Waals surface area (Å²) in [6.45, 7) is 2.98. The molecule has 0 aliphatic carbocycles. The average Bonchev–Trinajstić information content (AvgIpc) is 2.85. The van der Waals surface area contributed by atoms with Crippen molar-refractivity contribution in [1.29, 1.82) is 0 Å². The van der Waals surface area contributed by atoms with Gasteiger partial charge in [-0.3, -0.25) is 0 Å². The van der Waals surface area contributed by atoms with Gasteiger partial charge in [0.2, 0.25) is 15.9 Å². The molecule has 7 heteroatoms. The van der Waals surface area contributed by atoms with Crippen molar-refractivity contribution in [3.63, 3.8) is 0 Å². The van der Waals surface area contributed by atoms with Gasteiger partial charge in [0.15, 0.2) is 0 Å². The van der Waals surface area contributed by atoms with E-state index in [1.54, 1.807) is 6.20 Å². The van der Waals surface area contributed by atoms with Gasteiger partial charge in [-0.15, -0.1) is 0 Å². The summed E-state index contributed by atoms with van der Waals surface area (Å²) in [5.74, 6) is 1.30. The zero-order valence-electron chi connectivity index (χ0n) is 11.2. The van der Waals surface area contributed by atoms with E-state index < -0.39 is 10.0 Å². The van der Waals surface area contributed by atoms with E-state index in [0.29, 0.717) is 5.89 Å². The molecule has 6 nitrogen and oxygen atoms in total. The molecular formula is C12H21N3O3S. The van der Waals surface area contributed by atoms with Gasteiger partial charge in [-0.05, 0) is 19.4 Å². The summed E-state index contributed by atoms with van der Waals surface area (Å²) in [7, 11) is -3.29. The molecule has 19 heavy (non-hydrogen) atoms. The fourth-order valence-corrected chi connectivity index (χ4v) is 3.43. The fraction of sp³-hybridized carbons (Fsp3) is 0.750. The van der Waals surface area contributed by atoms with E-state index in [4.69, 9.17) is 4.42 Å². The molecule has 0 saturated carbocycles. The number of rotatable bonds is 6. The van der Waals surface area contributed by atoms with Crippen LogP contribution in [0.4, 0.5) is 0 Å². The third kappa shape index (κ3) is 4.59. The zero-order valence-corrected chi connectivity index (χ0v) is 12.0. The number of piperidine rings is 1. The van der Waals surface area contributed by atoms with Crippen LogP contribution in [0.1, 0.15) is 37.8 Å². The molecule has 1 aromatic rings. The monoisotopic (exact) mass is 287 g/mol. The summed E-state index contributed by atoms with van der Waals surface area (Å²) in [6.07, 6.45) is 5.52. The highest BCUT2D eigenvalue weighted by molar-refractivity contribution is 7.89. The molecule has 1 aromatic heterocycles. The zero-order chi connectivity index (χ0) is 13.7. The third-order valence-corrected chi connectivity index (χ3v) is 4.65. The van der Waals surface area contributed by atoms with E-state index >= 15 is 0 Å². The number of hydrogen-bond acceptors (Lipinski definition) is 5. The molecule has 1 fully saturated rings. The van der Waals surface area contributed by atoms with Crippen LogP contribution < -0.4 is 10.0 Å². The second-order valence-electron chi connectivity index (χ2n) is 4.82. The SMILES string of the molecule is CCc1cnc(CNS(=O)(=O)CC2CCCCN2)o1. The largest absolute Gasteiger partial charge is 0.444 e. The predicted molar refractivity (Wildman–Crippen MR) is 72.1 cm³/mol.